The van der Waals surface area contributed by atoms with E-state index < -0.39 is 0 Å². The molecule has 0 spiro atoms. The van der Waals surface area contributed by atoms with Crippen LogP contribution in [0.3, 0.4) is 0 Å². The van der Waals surface area contributed by atoms with Gasteiger partial charge in [-0.05, 0) is 44.4 Å². The van der Waals surface area contributed by atoms with Gasteiger partial charge in [0.2, 0.25) is 0 Å². The van der Waals surface area contributed by atoms with Crippen molar-refractivity contribution in [2.24, 2.45) is 0 Å². The fourth-order valence-corrected chi connectivity index (χ4v) is 2.36. The first-order chi connectivity index (χ1) is 9.69. The Labute approximate surface area is 121 Å². The molecule has 0 saturated carbocycles. The average Bonchev–Trinajstić information content (AvgIpc) is 2.93. The number of rotatable bonds is 7. The molecule has 1 atom stereocenters. The smallest absolute Gasteiger partial charge is 0.161 e. The number of methoxy groups -OCH3 is 1. The highest BCUT2D eigenvalue weighted by atomic mass is 16.5. The van der Waals surface area contributed by atoms with E-state index in [-0.39, 0.29) is 6.10 Å². The van der Waals surface area contributed by atoms with Gasteiger partial charge in [0.25, 0.3) is 0 Å². The van der Waals surface area contributed by atoms with Crippen LogP contribution in [0.1, 0.15) is 32.3 Å². The maximum Gasteiger partial charge on any atom is 0.161 e. The van der Waals surface area contributed by atoms with Crippen molar-refractivity contribution in [3.8, 4) is 11.5 Å². The second kappa shape index (κ2) is 7.50. The van der Waals surface area contributed by atoms with Gasteiger partial charge in [-0.3, -0.25) is 0 Å². The third-order valence-corrected chi connectivity index (χ3v) is 3.32. The maximum absolute atomic E-state index is 5.71. The van der Waals surface area contributed by atoms with Crippen molar-refractivity contribution in [3.63, 3.8) is 0 Å². The van der Waals surface area contributed by atoms with E-state index in [1.165, 1.54) is 12.0 Å². The Hall–Kier alpha value is -1.26. The van der Waals surface area contributed by atoms with Crippen molar-refractivity contribution in [1.29, 1.82) is 0 Å². The minimum atomic E-state index is 0.146. The van der Waals surface area contributed by atoms with Gasteiger partial charge in [0.05, 0.1) is 19.3 Å². The number of hydrogen-bond donors (Lipinski definition) is 1. The molecule has 1 aromatic rings. The van der Waals surface area contributed by atoms with Crippen LogP contribution in [0.25, 0.3) is 0 Å². The van der Waals surface area contributed by atoms with Crippen molar-refractivity contribution in [2.45, 2.75) is 45.4 Å². The predicted molar refractivity (Wildman–Crippen MR) is 79.4 cm³/mol. The molecule has 1 saturated heterocycles. The molecule has 4 heteroatoms. The summed E-state index contributed by atoms with van der Waals surface area (Å²) in [6.45, 7) is 6.65. The molecule has 20 heavy (non-hydrogen) atoms. The van der Waals surface area contributed by atoms with Gasteiger partial charge in [-0.15, -0.1) is 0 Å². The molecule has 0 unspecified atom stereocenters. The molecular formula is C16H25NO3. The van der Waals surface area contributed by atoms with Crippen molar-refractivity contribution in [3.05, 3.63) is 23.8 Å². The minimum Gasteiger partial charge on any atom is -0.493 e. The van der Waals surface area contributed by atoms with Crippen molar-refractivity contribution in [2.75, 3.05) is 20.3 Å². The SMILES string of the molecule is COc1cc(CNC[C@H]2CCCO2)ccc1OC(C)C. The van der Waals surface area contributed by atoms with Crippen molar-refractivity contribution in [1.82, 2.24) is 5.32 Å². The van der Waals surface area contributed by atoms with Crippen LogP contribution < -0.4 is 14.8 Å². The van der Waals surface area contributed by atoms with E-state index in [1.54, 1.807) is 7.11 Å². The second-order valence-corrected chi connectivity index (χ2v) is 5.42. The second-order valence-electron chi connectivity index (χ2n) is 5.42. The molecule has 0 amide bonds. The summed E-state index contributed by atoms with van der Waals surface area (Å²) in [6.07, 6.45) is 2.87. The van der Waals surface area contributed by atoms with Crippen molar-refractivity contribution < 1.29 is 14.2 Å². The first kappa shape index (κ1) is 15.1. The van der Waals surface area contributed by atoms with Gasteiger partial charge >= 0.3 is 0 Å². The molecule has 0 aromatic heterocycles. The summed E-state index contributed by atoms with van der Waals surface area (Å²) >= 11 is 0. The van der Waals surface area contributed by atoms with Gasteiger partial charge in [0.15, 0.2) is 11.5 Å². The van der Waals surface area contributed by atoms with Gasteiger partial charge in [-0.2, -0.15) is 0 Å². The van der Waals surface area contributed by atoms with Crippen LogP contribution in [0.5, 0.6) is 11.5 Å². The van der Waals surface area contributed by atoms with Crippen LogP contribution in [0, 0.1) is 0 Å². The summed E-state index contributed by atoms with van der Waals surface area (Å²) < 4.78 is 16.7. The first-order valence-electron chi connectivity index (χ1n) is 7.35. The van der Waals surface area contributed by atoms with Crippen LogP contribution in [-0.4, -0.2) is 32.5 Å². The molecule has 112 valence electrons. The van der Waals surface area contributed by atoms with Crippen LogP contribution >= 0.6 is 0 Å². The largest absolute Gasteiger partial charge is 0.493 e. The normalized spacial score (nSPS) is 18.5. The van der Waals surface area contributed by atoms with Gasteiger partial charge < -0.3 is 19.5 Å². The maximum atomic E-state index is 5.71. The zero-order chi connectivity index (χ0) is 14.4. The van der Waals surface area contributed by atoms with E-state index >= 15 is 0 Å². The molecule has 1 aliphatic heterocycles. The van der Waals surface area contributed by atoms with Crippen molar-refractivity contribution >= 4 is 0 Å². The molecule has 2 rings (SSSR count). The molecule has 0 aliphatic carbocycles. The number of benzene rings is 1. The highest BCUT2D eigenvalue weighted by Gasteiger charge is 2.14. The van der Waals surface area contributed by atoms with Crippen LogP contribution in [0.4, 0.5) is 0 Å². The lowest BCUT2D eigenvalue weighted by Crippen LogP contribution is -2.25. The zero-order valence-corrected chi connectivity index (χ0v) is 12.6. The molecule has 1 aliphatic rings. The Bertz CT molecular complexity index is 414. The first-order valence-corrected chi connectivity index (χ1v) is 7.35. The van der Waals surface area contributed by atoms with Gasteiger partial charge in [-0.25, -0.2) is 0 Å². The Balaban J connectivity index is 1.87. The number of ether oxygens (including phenoxy) is 3. The summed E-state index contributed by atoms with van der Waals surface area (Å²) in [5.74, 6) is 1.58. The molecule has 1 aromatic carbocycles. The van der Waals surface area contributed by atoms with Gasteiger partial charge in [0, 0.05) is 19.7 Å². The fourth-order valence-electron chi connectivity index (χ4n) is 2.36. The lowest BCUT2D eigenvalue weighted by atomic mass is 10.2. The topological polar surface area (TPSA) is 39.7 Å². The van der Waals surface area contributed by atoms with E-state index in [2.05, 4.69) is 11.4 Å². The van der Waals surface area contributed by atoms with Crippen LogP contribution in [0.15, 0.2) is 18.2 Å². The van der Waals surface area contributed by atoms with Gasteiger partial charge in [0.1, 0.15) is 0 Å². The monoisotopic (exact) mass is 279 g/mol. The van der Waals surface area contributed by atoms with Crippen LogP contribution in [-0.2, 0) is 11.3 Å². The van der Waals surface area contributed by atoms with Crippen LogP contribution in [0.2, 0.25) is 0 Å². The highest BCUT2D eigenvalue weighted by Crippen LogP contribution is 2.28. The van der Waals surface area contributed by atoms with E-state index in [4.69, 9.17) is 14.2 Å². The Morgan fingerprint density at radius 2 is 2.20 bits per heavy atom. The molecule has 1 heterocycles. The number of hydrogen-bond acceptors (Lipinski definition) is 4. The molecule has 1 fully saturated rings. The van der Waals surface area contributed by atoms with E-state index in [0.717, 1.165) is 37.6 Å². The third kappa shape index (κ3) is 4.39. The quantitative estimate of drug-likeness (QED) is 0.833. The lowest BCUT2D eigenvalue weighted by molar-refractivity contribution is 0.110. The lowest BCUT2D eigenvalue weighted by Gasteiger charge is -2.15. The summed E-state index contributed by atoms with van der Waals surface area (Å²) in [6, 6.07) is 6.07. The number of nitrogens with one attached hydrogen (secondary N) is 1. The standard InChI is InChI=1S/C16H25NO3/c1-12(2)20-15-7-6-13(9-16(15)18-3)10-17-11-14-5-4-8-19-14/h6-7,9,12,14,17H,4-5,8,10-11H2,1-3H3/t14-/m1/s1. The molecular weight excluding hydrogens is 254 g/mol. The van der Waals surface area contributed by atoms with E-state index in [0.29, 0.717) is 6.10 Å². The van der Waals surface area contributed by atoms with Gasteiger partial charge in [-0.1, -0.05) is 6.07 Å². The Kier molecular flexibility index (Phi) is 5.68. The Morgan fingerprint density at radius 3 is 2.85 bits per heavy atom. The third-order valence-electron chi connectivity index (χ3n) is 3.32. The summed E-state index contributed by atoms with van der Waals surface area (Å²) in [7, 11) is 1.67. The summed E-state index contributed by atoms with van der Waals surface area (Å²) in [5.41, 5.74) is 1.19. The minimum absolute atomic E-state index is 0.146. The Morgan fingerprint density at radius 1 is 1.35 bits per heavy atom. The summed E-state index contributed by atoms with van der Waals surface area (Å²) in [5, 5.41) is 3.43. The molecule has 0 bridgehead atoms. The summed E-state index contributed by atoms with van der Waals surface area (Å²) in [4.78, 5) is 0. The fraction of sp³-hybridized carbons (Fsp3) is 0.625. The zero-order valence-electron chi connectivity index (χ0n) is 12.6. The molecule has 0 radical (unpaired) electrons. The molecule has 4 nitrogen and oxygen atoms in total. The average molecular weight is 279 g/mol. The molecule has 1 N–H and O–H groups in total. The van der Waals surface area contributed by atoms with E-state index in [1.807, 2.05) is 26.0 Å². The highest BCUT2D eigenvalue weighted by molar-refractivity contribution is 5.43. The van der Waals surface area contributed by atoms with E-state index in [9.17, 15) is 0 Å². The predicted octanol–water partition coefficient (Wildman–Crippen LogP) is 2.75.